The van der Waals surface area contributed by atoms with Crippen molar-refractivity contribution in [2.75, 3.05) is 7.11 Å². The molecule has 1 aromatic rings. The van der Waals surface area contributed by atoms with Gasteiger partial charge in [0.15, 0.2) is 0 Å². The van der Waals surface area contributed by atoms with Gasteiger partial charge in [0.25, 0.3) is 0 Å². The van der Waals surface area contributed by atoms with Crippen LogP contribution in [0.1, 0.15) is 93.5 Å². The van der Waals surface area contributed by atoms with E-state index >= 15 is 0 Å². The highest BCUT2D eigenvalue weighted by molar-refractivity contribution is 5.90. The first-order valence-corrected chi connectivity index (χ1v) is 10.0. The van der Waals surface area contributed by atoms with Crippen LogP contribution in [0.5, 0.6) is 0 Å². The van der Waals surface area contributed by atoms with Gasteiger partial charge < -0.3 is 4.74 Å². The Labute approximate surface area is 154 Å². The Kier molecular flexibility index (Phi) is 12.7. The number of methoxy groups -OCH3 is 1. The van der Waals surface area contributed by atoms with Crippen molar-refractivity contribution in [3.8, 4) is 0 Å². The number of allylic oxidation sites excluding steroid dienone is 2. The number of rotatable bonds is 14. The van der Waals surface area contributed by atoms with Crippen LogP contribution in [0.3, 0.4) is 0 Å². The molecule has 2 nitrogen and oxygen atoms in total. The van der Waals surface area contributed by atoms with Crippen molar-refractivity contribution in [1.82, 2.24) is 0 Å². The minimum absolute atomic E-state index is 0.291. The first-order chi connectivity index (χ1) is 12.3. The van der Waals surface area contributed by atoms with E-state index in [9.17, 15) is 4.79 Å². The number of hydrogen-bond acceptors (Lipinski definition) is 2. The average molecular weight is 344 g/mol. The normalized spacial score (nSPS) is 11.1. The van der Waals surface area contributed by atoms with Crippen LogP contribution < -0.4 is 0 Å². The van der Waals surface area contributed by atoms with E-state index in [1.165, 1.54) is 64.9 Å². The SMILES string of the molecule is CCCCCCCCCCC=CCCCc1ccc[c]c1C(=O)OC. The molecule has 1 rings (SSSR count). The van der Waals surface area contributed by atoms with Crippen molar-refractivity contribution in [2.24, 2.45) is 0 Å². The first-order valence-electron chi connectivity index (χ1n) is 10.0. The molecule has 0 atom stereocenters. The Morgan fingerprint density at radius 1 is 1.00 bits per heavy atom. The van der Waals surface area contributed by atoms with E-state index in [1.807, 2.05) is 12.1 Å². The second-order valence-electron chi connectivity index (χ2n) is 6.69. The van der Waals surface area contributed by atoms with Gasteiger partial charge in [0.05, 0.1) is 12.7 Å². The summed E-state index contributed by atoms with van der Waals surface area (Å²) in [6.45, 7) is 2.27. The molecule has 2 heteroatoms. The van der Waals surface area contributed by atoms with E-state index in [1.54, 1.807) is 6.07 Å². The van der Waals surface area contributed by atoms with Crippen LogP contribution in [0.15, 0.2) is 30.4 Å². The quantitative estimate of drug-likeness (QED) is 0.214. The number of hydrogen-bond donors (Lipinski definition) is 0. The van der Waals surface area contributed by atoms with Crippen LogP contribution in [-0.4, -0.2) is 13.1 Å². The largest absolute Gasteiger partial charge is 0.465 e. The summed E-state index contributed by atoms with van der Waals surface area (Å²) in [7, 11) is 1.42. The third-order valence-corrected chi connectivity index (χ3v) is 4.54. The number of benzene rings is 1. The predicted octanol–water partition coefficient (Wildman–Crippen LogP) is 6.68. The van der Waals surface area contributed by atoms with E-state index in [0.29, 0.717) is 5.56 Å². The van der Waals surface area contributed by atoms with Crippen LogP contribution in [0, 0.1) is 6.07 Å². The lowest BCUT2D eigenvalue weighted by Gasteiger charge is -2.06. The van der Waals surface area contributed by atoms with Gasteiger partial charge in [-0.05, 0) is 43.7 Å². The van der Waals surface area contributed by atoms with E-state index in [0.717, 1.165) is 24.8 Å². The lowest BCUT2D eigenvalue weighted by atomic mass is 10.0. The zero-order chi connectivity index (χ0) is 18.2. The lowest BCUT2D eigenvalue weighted by molar-refractivity contribution is 0.0599. The predicted molar refractivity (Wildman–Crippen MR) is 106 cm³/mol. The highest BCUT2D eigenvalue weighted by Crippen LogP contribution is 2.13. The van der Waals surface area contributed by atoms with Gasteiger partial charge in [-0.15, -0.1) is 0 Å². The summed E-state index contributed by atoms with van der Waals surface area (Å²) in [6.07, 6.45) is 19.8. The minimum atomic E-state index is -0.291. The summed E-state index contributed by atoms with van der Waals surface area (Å²) in [4.78, 5) is 11.7. The van der Waals surface area contributed by atoms with Crippen LogP contribution in [-0.2, 0) is 11.2 Å². The van der Waals surface area contributed by atoms with Crippen molar-refractivity contribution >= 4 is 5.97 Å². The zero-order valence-electron chi connectivity index (χ0n) is 16.2. The monoisotopic (exact) mass is 343 g/mol. The van der Waals surface area contributed by atoms with E-state index in [4.69, 9.17) is 4.74 Å². The highest BCUT2D eigenvalue weighted by atomic mass is 16.5. The zero-order valence-corrected chi connectivity index (χ0v) is 16.2. The Morgan fingerprint density at radius 3 is 2.32 bits per heavy atom. The molecule has 0 aromatic heterocycles. The summed E-state index contributed by atoms with van der Waals surface area (Å²) in [5.74, 6) is -0.291. The van der Waals surface area contributed by atoms with Gasteiger partial charge >= 0.3 is 5.97 Å². The average Bonchev–Trinajstić information content (AvgIpc) is 2.65. The Balaban J connectivity index is 2.06. The number of carbonyl (C=O) groups excluding carboxylic acids is 1. The maximum atomic E-state index is 11.7. The summed E-state index contributed by atoms with van der Waals surface area (Å²) in [5, 5.41) is 0. The minimum Gasteiger partial charge on any atom is -0.465 e. The first kappa shape index (κ1) is 21.5. The Bertz CT molecular complexity index is 491. The van der Waals surface area contributed by atoms with Crippen molar-refractivity contribution < 1.29 is 9.53 Å². The van der Waals surface area contributed by atoms with Crippen LogP contribution >= 0.6 is 0 Å². The molecular formula is C23H35O2. The van der Waals surface area contributed by atoms with Gasteiger partial charge in [-0.1, -0.05) is 82.2 Å². The maximum Gasteiger partial charge on any atom is 0.338 e. The molecule has 0 bridgehead atoms. The molecular weight excluding hydrogens is 308 g/mol. The fourth-order valence-corrected chi connectivity index (χ4v) is 3.01. The van der Waals surface area contributed by atoms with Gasteiger partial charge in [0.2, 0.25) is 0 Å². The lowest BCUT2D eigenvalue weighted by Crippen LogP contribution is -2.05. The number of ether oxygens (including phenoxy) is 1. The summed E-state index contributed by atoms with van der Waals surface area (Å²) < 4.78 is 4.81. The Morgan fingerprint density at radius 2 is 1.64 bits per heavy atom. The van der Waals surface area contributed by atoms with E-state index in [2.05, 4.69) is 25.1 Å². The number of aryl methyl sites for hydroxylation is 1. The van der Waals surface area contributed by atoms with Gasteiger partial charge in [-0.2, -0.15) is 0 Å². The van der Waals surface area contributed by atoms with E-state index in [-0.39, 0.29) is 5.97 Å². The standard InChI is InChI=1S/C23H35O2/c1-3-4-5-6-7-8-9-10-11-12-13-14-15-18-21-19-16-17-20-22(21)23(24)25-2/h12-13,16-17,19H,3-11,14-15,18H2,1-2H3. The third-order valence-electron chi connectivity index (χ3n) is 4.54. The molecule has 0 amide bonds. The molecule has 0 fully saturated rings. The molecule has 0 unspecified atom stereocenters. The maximum absolute atomic E-state index is 11.7. The molecule has 0 N–H and O–H groups in total. The highest BCUT2D eigenvalue weighted by Gasteiger charge is 2.10. The van der Waals surface area contributed by atoms with Crippen molar-refractivity contribution in [3.63, 3.8) is 0 Å². The summed E-state index contributed by atoms with van der Waals surface area (Å²) >= 11 is 0. The van der Waals surface area contributed by atoms with Crippen LogP contribution in [0.2, 0.25) is 0 Å². The second kappa shape index (κ2) is 14.7. The van der Waals surface area contributed by atoms with Crippen molar-refractivity contribution in [3.05, 3.63) is 47.5 Å². The molecule has 0 saturated carbocycles. The van der Waals surface area contributed by atoms with Crippen LogP contribution in [0.4, 0.5) is 0 Å². The smallest absolute Gasteiger partial charge is 0.338 e. The fourth-order valence-electron chi connectivity index (χ4n) is 3.01. The molecule has 0 saturated heterocycles. The molecule has 0 aliphatic carbocycles. The van der Waals surface area contributed by atoms with Gasteiger partial charge in [0.1, 0.15) is 0 Å². The third kappa shape index (κ3) is 10.1. The van der Waals surface area contributed by atoms with Crippen molar-refractivity contribution in [1.29, 1.82) is 0 Å². The van der Waals surface area contributed by atoms with Crippen molar-refractivity contribution in [2.45, 2.75) is 84.0 Å². The van der Waals surface area contributed by atoms with Gasteiger partial charge in [-0.3, -0.25) is 0 Å². The molecule has 1 radical (unpaired) electrons. The molecule has 139 valence electrons. The van der Waals surface area contributed by atoms with E-state index < -0.39 is 0 Å². The Hall–Kier alpha value is -1.57. The number of unbranched alkanes of at least 4 members (excludes halogenated alkanes) is 9. The fraction of sp³-hybridized carbons (Fsp3) is 0.609. The topological polar surface area (TPSA) is 26.3 Å². The molecule has 0 heterocycles. The summed E-state index contributed by atoms with van der Waals surface area (Å²) in [5.41, 5.74) is 1.61. The second-order valence-corrected chi connectivity index (χ2v) is 6.69. The molecule has 0 spiro atoms. The number of esters is 1. The molecule has 25 heavy (non-hydrogen) atoms. The van der Waals surface area contributed by atoms with Gasteiger partial charge in [0, 0.05) is 0 Å². The summed E-state index contributed by atoms with van der Waals surface area (Å²) in [6, 6.07) is 8.68. The molecule has 0 aliphatic heterocycles. The number of carbonyl (C=O) groups is 1. The van der Waals surface area contributed by atoms with Gasteiger partial charge in [-0.25, -0.2) is 4.79 Å². The molecule has 0 aliphatic rings. The molecule has 1 aromatic carbocycles. The van der Waals surface area contributed by atoms with Crippen LogP contribution in [0.25, 0.3) is 0 Å².